The third-order valence-corrected chi connectivity index (χ3v) is 2.08. The lowest BCUT2D eigenvalue weighted by Crippen LogP contribution is -2.16. The van der Waals surface area contributed by atoms with Crippen LogP contribution in [0.2, 0.25) is 0 Å². The molecular weight excluding hydrogens is 244 g/mol. The van der Waals surface area contributed by atoms with Crippen molar-refractivity contribution in [1.29, 1.82) is 0 Å². The molecule has 0 unspecified atom stereocenters. The van der Waals surface area contributed by atoms with E-state index >= 15 is 0 Å². The standard InChI is InChI=1S/C9H10N4O5/c10-9(14)3-4-11-7-2-1-6(12(15)16)5-8(7)13(17)18/h1-2,5,11H,3-4H2,(H2,10,14). The lowest BCUT2D eigenvalue weighted by Gasteiger charge is -2.05. The molecule has 0 aliphatic heterocycles. The fourth-order valence-electron chi connectivity index (χ4n) is 1.25. The minimum atomic E-state index is -0.737. The van der Waals surface area contributed by atoms with Gasteiger partial charge in [0.05, 0.1) is 15.9 Å². The van der Waals surface area contributed by atoms with Crippen LogP contribution in [0.15, 0.2) is 18.2 Å². The number of rotatable bonds is 6. The van der Waals surface area contributed by atoms with Gasteiger partial charge in [-0.05, 0) is 6.07 Å². The topological polar surface area (TPSA) is 141 Å². The van der Waals surface area contributed by atoms with Crippen molar-refractivity contribution in [3.63, 3.8) is 0 Å². The molecule has 0 radical (unpaired) electrons. The molecule has 1 aromatic carbocycles. The normalized spacial score (nSPS) is 9.78. The Balaban J connectivity index is 2.93. The van der Waals surface area contributed by atoms with E-state index in [0.29, 0.717) is 0 Å². The van der Waals surface area contributed by atoms with Crippen molar-refractivity contribution in [3.05, 3.63) is 38.4 Å². The smallest absolute Gasteiger partial charge is 0.299 e. The Morgan fingerprint density at radius 3 is 2.44 bits per heavy atom. The number of anilines is 1. The second-order valence-electron chi connectivity index (χ2n) is 3.36. The Morgan fingerprint density at radius 1 is 1.28 bits per heavy atom. The van der Waals surface area contributed by atoms with Gasteiger partial charge in [0.25, 0.3) is 11.4 Å². The largest absolute Gasteiger partial charge is 0.379 e. The third-order valence-electron chi connectivity index (χ3n) is 2.08. The van der Waals surface area contributed by atoms with E-state index in [1.54, 1.807) is 0 Å². The highest BCUT2D eigenvalue weighted by molar-refractivity contribution is 5.74. The molecule has 1 aromatic rings. The van der Waals surface area contributed by atoms with Crippen molar-refractivity contribution in [3.8, 4) is 0 Å². The second-order valence-corrected chi connectivity index (χ2v) is 3.36. The van der Waals surface area contributed by atoms with E-state index in [1.165, 1.54) is 6.07 Å². The predicted octanol–water partition coefficient (Wildman–Crippen LogP) is 0.790. The molecule has 9 nitrogen and oxygen atoms in total. The average Bonchev–Trinajstić information content (AvgIpc) is 2.28. The molecule has 0 aromatic heterocycles. The van der Waals surface area contributed by atoms with Gasteiger partial charge in [0.1, 0.15) is 5.69 Å². The fraction of sp³-hybridized carbons (Fsp3) is 0.222. The molecule has 0 atom stereocenters. The zero-order chi connectivity index (χ0) is 13.7. The summed E-state index contributed by atoms with van der Waals surface area (Å²) in [5.74, 6) is -0.549. The summed E-state index contributed by atoms with van der Waals surface area (Å²) in [6.45, 7) is 0.119. The number of nitrogens with zero attached hydrogens (tertiary/aromatic N) is 2. The number of nitro benzene ring substituents is 2. The molecule has 1 amide bonds. The number of amides is 1. The Hall–Kier alpha value is -2.71. The van der Waals surface area contributed by atoms with Crippen molar-refractivity contribution in [2.75, 3.05) is 11.9 Å². The third kappa shape index (κ3) is 3.40. The van der Waals surface area contributed by atoms with Gasteiger partial charge in [0, 0.05) is 19.0 Å². The first-order chi connectivity index (χ1) is 8.41. The number of hydrogen-bond acceptors (Lipinski definition) is 6. The van der Waals surface area contributed by atoms with E-state index in [2.05, 4.69) is 5.32 Å². The first kappa shape index (κ1) is 13.4. The van der Waals surface area contributed by atoms with Gasteiger partial charge < -0.3 is 11.1 Å². The number of nitro groups is 2. The second kappa shape index (κ2) is 5.57. The number of primary amides is 1. The van der Waals surface area contributed by atoms with Crippen LogP contribution >= 0.6 is 0 Å². The highest BCUT2D eigenvalue weighted by atomic mass is 16.6. The minimum absolute atomic E-state index is 0.00808. The number of non-ortho nitro benzene ring substituents is 1. The summed E-state index contributed by atoms with van der Waals surface area (Å²) in [7, 11) is 0. The molecule has 0 saturated carbocycles. The van der Waals surface area contributed by atoms with Crippen LogP contribution in [0.25, 0.3) is 0 Å². The summed E-state index contributed by atoms with van der Waals surface area (Å²) in [6.07, 6.45) is 0.00808. The predicted molar refractivity (Wildman–Crippen MR) is 62.1 cm³/mol. The molecule has 1 rings (SSSR count). The Morgan fingerprint density at radius 2 is 1.94 bits per heavy atom. The van der Waals surface area contributed by atoms with Gasteiger partial charge in [-0.15, -0.1) is 0 Å². The van der Waals surface area contributed by atoms with Crippen molar-refractivity contribution in [1.82, 2.24) is 0 Å². The molecule has 0 aliphatic carbocycles. The van der Waals surface area contributed by atoms with E-state index in [1.807, 2.05) is 0 Å². The molecule has 0 bridgehead atoms. The van der Waals surface area contributed by atoms with Crippen LogP contribution in [0.4, 0.5) is 17.1 Å². The van der Waals surface area contributed by atoms with Crippen molar-refractivity contribution in [2.45, 2.75) is 6.42 Å². The van der Waals surface area contributed by atoms with Gasteiger partial charge in [0.15, 0.2) is 0 Å². The Labute approximate surface area is 101 Å². The van der Waals surface area contributed by atoms with E-state index < -0.39 is 21.4 Å². The summed E-state index contributed by atoms with van der Waals surface area (Å²) >= 11 is 0. The maximum absolute atomic E-state index is 10.7. The van der Waals surface area contributed by atoms with Crippen LogP contribution in [-0.4, -0.2) is 22.3 Å². The van der Waals surface area contributed by atoms with Crippen molar-refractivity contribution in [2.24, 2.45) is 5.73 Å². The highest BCUT2D eigenvalue weighted by Crippen LogP contribution is 2.28. The maximum Gasteiger partial charge on any atom is 0.299 e. The van der Waals surface area contributed by atoms with Gasteiger partial charge in [-0.1, -0.05) is 0 Å². The number of nitrogens with two attached hydrogens (primary N) is 1. The van der Waals surface area contributed by atoms with Crippen LogP contribution in [0, 0.1) is 20.2 Å². The van der Waals surface area contributed by atoms with Crippen LogP contribution in [0.1, 0.15) is 6.42 Å². The average molecular weight is 254 g/mol. The number of nitrogens with one attached hydrogen (secondary N) is 1. The van der Waals surface area contributed by atoms with E-state index in [0.717, 1.165) is 12.1 Å². The highest BCUT2D eigenvalue weighted by Gasteiger charge is 2.19. The van der Waals surface area contributed by atoms with Gasteiger partial charge in [-0.25, -0.2) is 0 Å². The SMILES string of the molecule is NC(=O)CCNc1ccc([N+](=O)[O-])cc1[N+](=O)[O-]. The van der Waals surface area contributed by atoms with Gasteiger partial charge in [0.2, 0.25) is 5.91 Å². The molecule has 0 saturated heterocycles. The molecule has 18 heavy (non-hydrogen) atoms. The van der Waals surface area contributed by atoms with Gasteiger partial charge in [-0.2, -0.15) is 0 Å². The monoisotopic (exact) mass is 254 g/mol. The molecule has 0 spiro atoms. The lowest BCUT2D eigenvalue weighted by molar-refractivity contribution is -0.393. The van der Waals surface area contributed by atoms with E-state index in [9.17, 15) is 25.0 Å². The number of hydrogen-bond donors (Lipinski definition) is 2. The molecule has 3 N–H and O–H groups in total. The summed E-state index contributed by atoms with van der Waals surface area (Å²) in [4.78, 5) is 30.3. The van der Waals surface area contributed by atoms with Crippen LogP contribution in [0.5, 0.6) is 0 Å². The fourth-order valence-corrected chi connectivity index (χ4v) is 1.25. The lowest BCUT2D eigenvalue weighted by atomic mass is 10.2. The van der Waals surface area contributed by atoms with Crippen LogP contribution in [-0.2, 0) is 4.79 Å². The first-order valence-electron chi connectivity index (χ1n) is 4.87. The maximum atomic E-state index is 10.7. The quantitative estimate of drug-likeness (QED) is 0.567. The summed E-state index contributed by atoms with van der Waals surface area (Å²) in [5, 5.41) is 23.9. The molecular formula is C9H10N4O5. The van der Waals surface area contributed by atoms with Gasteiger partial charge in [-0.3, -0.25) is 25.0 Å². The number of carbonyl (C=O) groups excluding carboxylic acids is 1. The van der Waals surface area contributed by atoms with Crippen molar-refractivity contribution >= 4 is 23.0 Å². The number of benzene rings is 1. The summed E-state index contributed by atoms with van der Waals surface area (Å²) in [5.41, 5.74) is 4.22. The summed E-state index contributed by atoms with van der Waals surface area (Å²) in [6, 6.07) is 3.21. The minimum Gasteiger partial charge on any atom is -0.379 e. The molecule has 96 valence electrons. The molecule has 0 fully saturated rings. The molecule has 0 heterocycles. The first-order valence-corrected chi connectivity index (χ1v) is 4.87. The Kier molecular flexibility index (Phi) is 4.13. The van der Waals surface area contributed by atoms with Crippen molar-refractivity contribution < 1.29 is 14.6 Å². The molecule has 0 aliphatic rings. The Bertz CT molecular complexity index is 502. The zero-order valence-corrected chi connectivity index (χ0v) is 9.16. The van der Waals surface area contributed by atoms with E-state index in [4.69, 9.17) is 5.73 Å². The number of carbonyl (C=O) groups is 1. The van der Waals surface area contributed by atoms with E-state index in [-0.39, 0.29) is 24.3 Å². The van der Waals surface area contributed by atoms with Crippen LogP contribution < -0.4 is 11.1 Å². The van der Waals surface area contributed by atoms with Gasteiger partial charge >= 0.3 is 0 Å². The zero-order valence-electron chi connectivity index (χ0n) is 9.16. The van der Waals surface area contributed by atoms with Crippen LogP contribution in [0.3, 0.4) is 0 Å². The molecule has 9 heteroatoms. The summed E-state index contributed by atoms with van der Waals surface area (Å²) < 4.78 is 0.